The van der Waals surface area contributed by atoms with Crippen LogP contribution in [0.2, 0.25) is 0 Å². The fraction of sp³-hybridized carbons (Fsp3) is 0.333. The van der Waals surface area contributed by atoms with Gasteiger partial charge in [0.25, 0.3) is 0 Å². The molecule has 1 rings (SSSR count). The minimum atomic E-state index is 0.987. The molecule has 0 unspecified atom stereocenters. The number of aromatic nitrogens is 2. The Labute approximate surface area is 87.1 Å². The van der Waals surface area contributed by atoms with Crippen LogP contribution in [0.5, 0.6) is 0 Å². The Bertz CT molecular complexity index is 233. The van der Waals surface area contributed by atoms with E-state index in [-0.39, 0.29) is 0 Å². The molecule has 0 bridgehead atoms. The highest BCUT2D eigenvalue weighted by Crippen LogP contribution is 2.17. The van der Waals surface area contributed by atoms with Crippen LogP contribution in [0.25, 0.3) is 0 Å². The Hall–Kier alpha value is 0.540. The van der Waals surface area contributed by atoms with Crippen molar-refractivity contribution in [2.24, 2.45) is 0 Å². The largest absolute Gasteiger partial charge is 0.155 e. The van der Waals surface area contributed by atoms with E-state index in [1.54, 1.807) is 0 Å². The number of aryl methyl sites for hydroxylation is 1. The second kappa shape index (κ2) is 3.29. The molecule has 0 spiro atoms. The highest BCUT2D eigenvalue weighted by atomic mass is 127. The SMILES string of the molecule is Cc1nnc(I)c(I)c1C. The monoisotopic (exact) mass is 360 g/mol. The molecule has 4 heteroatoms. The molecule has 1 aromatic heterocycles. The van der Waals surface area contributed by atoms with Gasteiger partial charge in [-0.25, -0.2) is 0 Å². The van der Waals surface area contributed by atoms with Crippen molar-refractivity contribution in [3.8, 4) is 0 Å². The second-order valence-electron chi connectivity index (χ2n) is 2.02. The first-order valence-corrected chi connectivity index (χ1v) is 4.93. The molecule has 1 heterocycles. The average molecular weight is 360 g/mol. The summed E-state index contributed by atoms with van der Waals surface area (Å²) in [5.41, 5.74) is 2.25. The molecule has 0 atom stereocenters. The van der Waals surface area contributed by atoms with Gasteiger partial charge < -0.3 is 0 Å². The van der Waals surface area contributed by atoms with Crippen LogP contribution in [0.1, 0.15) is 11.3 Å². The summed E-state index contributed by atoms with van der Waals surface area (Å²) in [6.07, 6.45) is 0. The van der Waals surface area contributed by atoms with Crippen molar-refractivity contribution in [2.75, 3.05) is 0 Å². The number of rotatable bonds is 0. The Balaban J connectivity index is 3.34. The van der Waals surface area contributed by atoms with Crippen molar-refractivity contribution < 1.29 is 0 Å². The third-order valence-corrected chi connectivity index (χ3v) is 4.45. The van der Waals surface area contributed by atoms with Gasteiger partial charge in [-0.05, 0) is 64.6 Å². The van der Waals surface area contributed by atoms with Gasteiger partial charge in [-0.1, -0.05) is 0 Å². The standard InChI is InChI=1S/C6H6I2N2/c1-3-4(2)9-10-6(8)5(3)7/h1-2H3. The van der Waals surface area contributed by atoms with Gasteiger partial charge in [-0.3, -0.25) is 0 Å². The summed E-state index contributed by atoms with van der Waals surface area (Å²) in [7, 11) is 0. The molecule has 0 N–H and O–H groups in total. The Morgan fingerprint density at radius 2 is 1.70 bits per heavy atom. The Morgan fingerprint density at radius 1 is 1.10 bits per heavy atom. The zero-order valence-corrected chi connectivity index (χ0v) is 9.97. The van der Waals surface area contributed by atoms with E-state index in [1.165, 1.54) is 9.13 Å². The van der Waals surface area contributed by atoms with Crippen LogP contribution < -0.4 is 0 Å². The molecule has 0 radical (unpaired) electrons. The summed E-state index contributed by atoms with van der Waals surface area (Å²) in [5, 5.41) is 7.95. The number of halogens is 2. The summed E-state index contributed by atoms with van der Waals surface area (Å²) in [6.45, 7) is 4.04. The summed E-state index contributed by atoms with van der Waals surface area (Å²) in [5.74, 6) is 0. The van der Waals surface area contributed by atoms with Crippen LogP contribution in [-0.4, -0.2) is 10.2 Å². The van der Waals surface area contributed by atoms with Crippen molar-refractivity contribution in [3.05, 3.63) is 18.5 Å². The maximum atomic E-state index is 3.98. The number of nitrogens with zero attached hydrogens (tertiary/aromatic N) is 2. The van der Waals surface area contributed by atoms with E-state index < -0.39 is 0 Å². The van der Waals surface area contributed by atoms with E-state index >= 15 is 0 Å². The fourth-order valence-electron chi connectivity index (χ4n) is 0.551. The molecule has 1 aromatic rings. The Morgan fingerprint density at radius 3 is 2.20 bits per heavy atom. The average Bonchev–Trinajstić information content (AvgIpc) is 1.93. The quantitative estimate of drug-likeness (QED) is 0.664. The lowest BCUT2D eigenvalue weighted by atomic mass is 10.3. The lowest BCUT2D eigenvalue weighted by Crippen LogP contribution is -1.97. The van der Waals surface area contributed by atoms with Gasteiger partial charge in [-0.15, -0.1) is 5.10 Å². The molecule has 0 fully saturated rings. The van der Waals surface area contributed by atoms with Crippen LogP contribution >= 0.6 is 45.2 Å². The third-order valence-electron chi connectivity index (χ3n) is 1.34. The molecule has 0 amide bonds. The van der Waals surface area contributed by atoms with Crippen molar-refractivity contribution in [1.82, 2.24) is 10.2 Å². The van der Waals surface area contributed by atoms with Crippen molar-refractivity contribution in [1.29, 1.82) is 0 Å². The van der Waals surface area contributed by atoms with Crippen LogP contribution in [0.4, 0.5) is 0 Å². The van der Waals surface area contributed by atoms with Crippen LogP contribution in [0.3, 0.4) is 0 Å². The summed E-state index contributed by atoms with van der Waals surface area (Å²) in [6, 6.07) is 0. The zero-order chi connectivity index (χ0) is 7.72. The molecule has 0 aliphatic heterocycles. The predicted molar refractivity (Wildman–Crippen MR) is 56.9 cm³/mol. The lowest BCUT2D eigenvalue weighted by molar-refractivity contribution is 0.928. The minimum Gasteiger partial charge on any atom is -0.155 e. The summed E-state index contributed by atoms with van der Waals surface area (Å²) < 4.78 is 2.20. The van der Waals surface area contributed by atoms with Gasteiger partial charge in [0.1, 0.15) is 3.70 Å². The van der Waals surface area contributed by atoms with E-state index in [0.717, 1.165) is 9.39 Å². The first kappa shape index (κ1) is 8.63. The molecule has 2 nitrogen and oxygen atoms in total. The van der Waals surface area contributed by atoms with Gasteiger partial charge in [0.15, 0.2) is 0 Å². The van der Waals surface area contributed by atoms with Crippen LogP contribution in [-0.2, 0) is 0 Å². The number of hydrogen-bond donors (Lipinski definition) is 0. The molecule has 0 saturated carbocycles. The molecule has 0 aliphatic rings. The highest BCUT2D eigenvalue weighted by molar-refractivity contribution is 14.1. The van der Waals surface area contributed by atoms with Gasteiger partial charge >= 0.3 is 0 Å². The summed E-state index contributed by atoms with van der Waals surface area (Å²) >= 11 is 4.47. The maximum absolute atomic E-state index is 3.98. The number of hydrogen-bond acceptors (Lipinski definition) is 2. The Kier molecular flexibility index (Phi) is 2.84. The third kappa shape index (κ3) is 1.58. The zero-order valence-electron chi connectivity index (χ0n) is 5.65. The van der Waals surface area contributed by atoms with E-state index in [9.17, 15) is 0 Å². The molecule has 0 saturated heterocycles. The van der Waals surface area contributed by atoms with E-state index in [2.05, 4.69) is 62.3 Å². The van der Waals surface area contributed by atoms with Crippen molar-refractivity contribution in [3.63, 3.8) is 0 Å². The smallest absolute Gasteiger partial charge is 0.137 e. The molecular weight excluding hydrogens is 354 g/mol. The van der Waals surface area contributed by atoms with Gasteiger partial charge in [-0.2, -0.15) is 5.10 Å². The van der Waals surface area contributed by atoms with E-state index in [0.29, 0.717) is 0 Å². The van der Waals surface area contributed by atoms with E-state index in [4.69, 9.17) is 0 Å². The van der Waals surface area contributed by atoms with Crippen LogP contribution in [0.15, 0.2) is 0 Å². The fourth-order valence-corrected chi connectivity index (χ4v) is 1.56. The second-order valence-corrected chi connectivity index (χ2v) is 4.12. The molecule has 10 heavy (non-hydrogen) atoms. The van der Waals surface area contributed by atoms with Gasteiger partial charge in [0.2, 0.25) is 0 Å². The van der Waals surface area contributed by atoms with Gasteiger partial charge in [0.05, 0.1) is 9.26 Å². The van der Waals surface area contributed by atoms with Crippen molar-refractivity contribution >= 4 is 45.2 Å². The predicted octanol–water partition coefficient (Wildman–Crippen LogP) is 2.30. The lowest BCUT2D eigenvalue weighted by Gasteiger charge is -2.00. The molecule has 0 aliphatic carbocycles. The first-order chi connectivity index (χ1) is 4.63. The van der Waals surface area contributed by atoms with Gasteiger partial charge in [0, 0.05) is 0 Å². The van der Waals surface area contributed by atoms with Crippen LogP contribution in [0, 0.1) is 21.1 Å². The highest BCUT2D eigenvalue weighted by Gasteiger charge is 2.03. The minimum absolute atomic E-state index is 0.987. The normalized spacial score (nSPS) is 10.0. The molecule has 0 aromatic carbocycles. The molecular formula is C6H6I2N2. The summed E-state index contributed by atoms with van der Waals surface area (Å²) in [4.78, 5) is 0. The molecule has 54 valence electrons. The maximum Gasteiger partial charge on any atom is 0.137 e. The van der Waals surface area contributed by atoms with E-state index in [1.807, 2.05) is 6.92 Å². The van der Waals surface area contributed by atoms with Crippen molar-refractivity contribution in [2.45, 2.75) is 13.8 Å². The first-order valence-electron chi connectivity index (χ1n) is 2.78. The topological polar surface area (TPSA) is 25.8 Å².